The SMILES string of the molecule is O=C(Nc1ccc(Cl)cc1Cl)c1ccc(NCC2CCCO2)cn1. The third-order valence-electron chi connectivity index (χ3n) is 3.73. The lowest BCUT2D eigenvalue weighted by Crippen LogP contribution is -2.19. The number of aromatic nitrogens is 1. The summed E-state index contributed by atoms with van der Waals surface area (Å²) in [5, 5.41) is 6.87. The number of rotatable bonds is 5. The Labute approximate surface area is 150 Å². The number of nitrogens with zero attached hydrogens (tertiary/aromatic N) is 1. The van der Waals surface area contributed by atoms with Crippen molar-refractivity contribution in [3.63, 3.8) is 0 Å². The summed E-state index contributed by atoms with van der Waals surface area (Å²) in [4.78, 5) is 16.4. The van der Waals surface area contributed by atoms with Crippen molar-refractivity contribution in [2.45, 2.75) is 18.9 Å². The molecule has 0 radical (unpaired) electrons. The molecule has 5 nitrogen and oxygen atoms in total. The first-order valence-corrected chi connectivity index (χ1v) is 8.45. The van der Waals surface area contributed by atoms with E-state index in [4.69, 9.17) is 27.9 Å². The Balaban J connectivity index is 1.58. The second-order valence-corrected chi connectivity index (χ2v) is 6.37. The van der Waals surface area contributed by atoms with Gasteiger partial charge in [-0.05, 0) is 43.2 Å². The highest BCUT2D eigenvalue weighted by Crippen LogP contribution is 2.25. The third-order valence-corrected chi connectivity index (χ3v) is 4.28. The molecule has 1 aliphatic rings. The summed E-state index contributed by atoms with van der Waals surface area (Å²) in [6.07, 6.45) is 4.06. The molecule has 2 heterocycles. The summed E-state index contributed by atoms with van der Waals surface area (Å²) in [7, 11) is 0. The molecule has 3 rings (SSSR count). The van der Waals surface area contributed by atoms with Crippen LogP contribution in [0.5, 0.6) is 0 Å². The average molecular weight is 366 g/mol. The molecule has 1 aromatic carbocycles. The van der Waals surface area contributed by atoms with E-state index in [1.807, 2.05) is 6.07 Å². The number of anilines is 2. The molecule has 1 saturated heterocycles. The van der Waals surface area contributed by atoms with E-state index in [2.05, 4.69) is 15.6 Å². The number of pyridine rings is 1. The Hall–Kier alpha value is -1.82. The van der Waals surface area contributed by atoms with Gasteiger partial charge in [-0.15, -0.1) is 0 Å². The number of hydrogen-bond acceptors (Lipinski definition) is 4. The first kappa shape index (κ1) is 17.0. The fourth-order valence-corrected chi connectivity index (χ4v) is 2.90. The summed E-state index contributed by atoms with van der Waals surface area (Å²) in [5.41, 5.74) is 1.66. The van der Waals surface area contributed by atoms with Gasteiger partial charge in [-0.2, -0.15) is 0 Å². The number of amides is 1. The molecule has 0 saturated carbocycles. The van der Waals surface area contributed by atoms with Crippen molar-refractivity contribution < 1.29 is 9.53 Å². The van der Waals surface area contributed by atoms with E-state index in [1.54, 1.807) is 30.5 Å². The van der Waals surface area contributed by atoms with Crippen molar-refractivity contribution in [2.75, 3.05) is 23.8 Å². The van der Waals surface area contributed by atoms with Crippen LogP contribution in [-0.4, -0.2) is 30.1 Å². The minimum absolute atomic E-state index is 0.250. The number of carbonyl (C=O) groups is 1. The Kier molecular flexibility index (Phi) is 5.56. The lowest BCUT2D eigenvalue weighted by atomic mass is 10.2. The molecule has 1 unspecified atom stereocenters. The van der Waals surface area contributed by atoms with E-state index in [9.17, 15) is 4.79 Å². The highest BCUT2D eigenvalue weighted by Gasteiger charge is 2.15. The van der Waals surface area contributed by atoms with Gasteiger partial charge in [0.25, 0.3) is 5.91 Å². The number of nitrogens with one attached hydrogen (secondary N) is 2. The fourth-order valence-electron chi connectivity index (χ4n) is 2.45. The van der Waals surface area contributed by atoms with E-state index in [-0.39, 0.29) is 12.0 Å². The van der Waals surface area contributed by atoms with Gasteiger partial charge in [-0.3, -0.25) is 4.79 Å². The maximum absolute atomic E-state index is 12.2. The Bertz CT molecular complexity index is 716. The highest BCUT2D eigenvalue weighted by atomic mass is 35.5. The van der Waals surface area contributed by atoms with E-state index in [0.717, 1.165) is 31.7 Å². The summed E-state index contributed by atoms with van der Waals surface area (Å²) < 4.78 is 5.55. The van der Waals surface area contributed by atoms with Crippen LogP contribution in [0.15, 0.2) is 36.5 Å². The average Bonchev–Trinajstić information content (AvgIpc) is 3.09. The first-order valence-electron chi connectivity index (χ1n) is 7.70. The number of ether oxygens (including phenoxy) is 1. The van der Waals surface area contributed by atoms with Gasteiger partial charge < -0.3 is 15.4 Å². The first-order chi connectivity index (χ1) is 11.6. The van der Waals surface area contributed by atoms with Crippen molar-refractivity contribution in [3.8, 4) is 0 Å². The predicted molar refractivity (Wildman–Crippen MR) is 96.1 cm³/mol. The zero-order valence-electron chi connectivity index (χ0n) is 12.9. The minimum Gasteiger partial charge on any atom is -0.381 e. The molecule has 0 spiro atoms. The van der Waals surface area contributed by atoms with E-state index in [0.29, 0.717) is 21.4 Å². The minimum atomic E-state index is -0.329. The molecular weight excluding hydrogens is 349 g/mol. The van der Waals surface area contributed by atoms with Crippen LogP contribution in [0.4, 0.5) is 11.4 Å². The molecule has 1 aliphatic heterocycles. The summed E-state index contributed by atoms with van der Waals surface area (Å²) in [6, 6.07) is 8.37. The molecule has 7 heteroatoms. The quantitative estimate of drug-likeness (QED) is 0.831. The molecule has 24 heavy (non-hydrogen) atoms. The Morgan fingerprint density at radius 2 is 2.17 bits per heavy atom. The monoisotopic (exact) mass is 365 g/mol. The van der Waals surface area contributed by atoms with Crippen molar-refractivity contribution in [1.82, 2.24) is 4.98 Å². The third kappa shape index (κ3) is 4.38. The smallest absolute Gasteiger partial charge is 0.274 e. The predicted octanol–water partition coefficient (Wildman–Crippen LogP) is 4.23. The number of benzene rings is 1. The number of halogens is 2. The van der Waals surface area contributed by atoms with E-state index >= 15 is 0 Å². The second kappa shape index (κ2) is 7.83. The second-order valence-electron chi connectivity index (χ2n) is 5.53. The molecule has 1 fully saturated rings. The van der Waals surface area contributed by atoms with Crippen molar-refractivity contribution >= 4 is 40.5 Å². The van der Waals surface area contributed by atoms with E-state index in [1.165, 1.54) is 0 Å². The van der Waals surface area contributed by atoms with Crippen LogP contribution in [0.25, 0.3) is 0 Å². The molecule has 1 aromatic heterocycles. The Morgan fingerprint density at radius 3 is 2.83 bits per heavy atom. The van der Waals surface area contributed by atoms with Crippen LogP contribution < -0.4 is 10.6 Å². The zero-order valence-corrected chi connectivity index (χ0v) is 14.4. The summed E-state index contributed by atoms with van der Waals surface area (Å²) in [6.45, 7) is 1.57. The largest absolute Gasteiger partial charge is 0.381 e. The fraction of sp³-hybridized carbons (Fsp3) is 0.294. The van der Waals surface area contributed by atoms with E-state index < -0.39 is 0 Å². The van der Waals surface area contributed by atoms with Gasteiger partial charge in [0.1, 0.15) is 5.69 Å². The van der Waals surface area contributed by atoms with Gasteiger partial charge in [-0.25, -0.2) is 4.98 Å². The molecule has 0 bridgehead atoms. The van der Waals surface area contributed by atoms with Crippen LogP contribution in [-0.2, 0) is 4.74 Å². The van der Waals surface area contributed by atoms with Gasteiger partial charge in [0.15, 0.2) is 0 Å². The van der Waals surface area contributed by atoms with Crippen LogP contribution in [0.1, 0.15) is 23.3 Å². The summed E-state index contributed by atoms with van der Waals surface area (Å²) in [5.74, 6) is -0.329. The topological polar surface area (TPSA) is 63.2 Å². The van der Waals surface area contributed by atoms with Crippen molar-refractivity contribution in [2.24, 2.45) is 0 Å². The van der Waals surface area contributed by atoms with Gasteiger partial charge in [-0.1, -0.05) is 23.2 Å². The molecular formula is C17H17Cl2N3O2. The van der Waals surface area contributed by atoms with Crippen LogP contribution in [0.3, 0.4) is 0 Å². The molecule has 126 valence electrons. The van der Waals surface area contributed by atoms with Crippen LogP contribution in [0.2, 0.25) is 10.0 Å². The lowest BCUT2D eigenvalue weighted by Gasteiger charge is -2.12. The lowest BCUT2D eigenvalue weighted by molar-refractivity contribution is 0.102. The van der Waals surface area contributed by atoms with Crippen molar-refractivity contribution in [1.29, 1.82) is 0 Å². The molecule has 1 atom stereocenters. The normalized spacial score (nSPS) is 16.8. The van der Waals surface area contributed by atoms with Gasteiger partial charge >= 0.3 is 0 Å². The standard InChI is InChI=1S/C17H17Cl2N3O2/c18-11-3-5-15(14(19)8-11)22-17(23)16-6-4-12(9-21-16)20-10-13-2-1-7-24-13/h3-6,8-9,13,20H,1-2,7,10H2,(H,22,23). The Morgan fingerprint density at radius 1 is 1.29 bits per heavy atom. The van der Waals surface area contributed by atoms with Gasteiger partial charge in [0.2, 0.25) is 0 Å². The van der Waals surface area contributed by atoms with Crippen molar-refractivity contribution in [3.05, 3.63) is 52.3 Å². The maximum atomic E-state index is 12.2. The van der Waals surface area contributed by atoms with Crippen LogP contribution in [0, 0.1) is 0 Å². The molecule has 2 N–H and O–H groups in total. The molecule has 2 aromatic rings. The maximum Gasteiger partial charge on any atom is 0.274 e. The molecule has 0 aliphatic carbocycles. The number of carbonyl (C=O) groups excluding carboxylic acids is 1. The molecule has 1 amide bonds. The van der Waals surface area contributed by atoms with Crippen LogP contribution >= 0.6 is 23.2 Å². The van der Waals surface area contributed by atoms with Gasteiger partial charge in [0.05, 0.1) is 28.7 Å². The zero-order chi connectivity index (χ0) is 16.9. The van der Waals surface area contributed by atoms with Gasteiger partial charge in [0, 0.05) is 18.2 Å². The highest BCUT2D eigenvalue weighted by molar-refractivity contribution is 6.36. The summed E-state index contributed by atoms with van der Waals surface area (Å²) >= 11 is 11.9. The number of hydrogen-bond donors (Lipinski definition) is 2.